The number of sulfonamides is 1. The van der Waals surface area contributed by atoms with E-state index in [0.29, 0.717) is 11.5 Å². The lowest BCUT2D eigenvalue weighted by Gasteiger charge is -2.23. The Morgan fingerprint density at radius 3 is 2.14 bits per heavy atom. The molecule has 0 unspecified atom stereocenters. The Bertz CT molecular complexity index is 1630. The Hall–Kier alpha value is -4.11. The van der Waals surface area contributed by atoms with Gasteiger partial charge in [-0.3, -0.25) is 9.29 Å². The number of ether oxygens (including phenoxy) is 4. The van der Waals surface area contributed by atoms with E-state index in [0.717, 1.165) is 5.56 Å². The average molecular weight is 585 g/mol. The lowest BCUT2D eigenvalue weighted by atomic mass is 9.52. The molecule has 0 saturated heterocycles. The number of pyridine rings is 1. The predicted octanol–water partition coefficient (Wildman–Crippen LogP) is 1.46. The van der Waals surface area contributed by atoms with Crippen molar-refractivity contribution < 1.29 is 27.4 Å². The third-order valence-corrected chi connectivity index (χ3v) is 7.67. The standard InChI is InChI=1S/C25H26B3N7O6S/c1-14-12-29-22(30-13-14)21(40-5)15(2)42(36,37)34-24-33-32-23(16-8-6-11-19(31-16)41-25(26,27)28)35(24)20-17(38-3)9-7-10-18(20)39-4/h6-13,15,21H,1-5H3,(H,33,34)/t15-,21-/m0/s1. The van der Waals surface area contributed by atoms with Gasteiger partial charge in [0, 0.05) is 25.6 Å². The average Bonchev–Trinajstić information content (AvgIpc) is 3.35. The Morgan fingerprint density at radius 2 is 1.57 bits per heavy atom. The molecule has 3 heterocycles. The Kier molecular flexibility index (Phi) is 9.11. The Balaban J connectivity index is 1.85. The van der Waals surface area contributed by atoms with E-state index in [1.54, 1.807) is 42.7 Å². The molecular formula is C25H26B3N7O6S. The zero-order valence-electron chi connectivity index (χ0n) is 23.5. The number of hydrogen-bond donors (Lipinski definition) is 1. The number of para-hydroxylation sites is 1. The summed E-state index contributed by atoms with van der Waals surface area (Å²) in [6, 6.07) is 9.71. The molecule has 13 nitrogen and oxygen atoms in total. The van der Waals surface area contributed by atoms with Crippen molar-refractivity contribution in [2.24, 2.45) is 0 Å². The van der Waals surface area contributed by atoms with Crippen LogP contribution < -0.4 is 18.9 Å². The second-order valence-electron chi connectivity index (χ2n) is 9.14. The summed E-state index contributed by atoms with van der Waals surface area (Å²) in [7, 11) is 16.8. The van der Waals surface area contributed by atoms with Gasteiger partial charge < -0.3 is 18.9 Å². The highest BCUT2D eigenvalue weighted by atomic mass is 32.2. The molecule has 0 amide bonds. The zero-order valence-corrected chi connectivity index (χ0v) is 24.4. The van der Waals surface area contributed by atoms with Crippen molar-refractivity contribution in [2.75, 3.05) is 26.1 Å². The first-order valence-electron chi connectivity index (χ1n) is 12.4. The van der Waals surface area contributed by atoms with Gasteiger partial charge in [-0.2, -0.15) is 0 Å². The van der Waals surface area contributed by atoms with Crippen molar-refractivity contribution >= 4 is 39.5 Å². The fourth-order valence-corrected chi connectivity index (χ4v) is 5.13. The first-order valence-corrected chi connectivity index (χ1v) is 14.0. The molecule has 3 aromatic heterocycles. The first-order chi connectivity index (χ1) is 19.9. The number of aryl methyl sites for hydroxylation is 1. The van der Waals surface area contributed by atoms with Crippen molar-refractivity contribution in [2.45, 2.75) is 30.5 Å². The highest BCUT2D eigenvalue weighted by Gasteiger charge is 2.35. The molecule has 1 N–H and O–H groups in total. The second-order valence-corrected chi connectivity index (χ2v) is 11.2. The van der Waals surface area contributed by atoms with Crippen LogP contribution in [0.15, 0.2) is 48.8 Å². The summed E-state index contributed by atoms with van der Waals surface area (Å²) in [6.45, 7) is 3.28. The van der Waals surface area contributed by atoms with Crippen LogP contribution in [0.1, 0.15) is 24.4 Å². The zero-order chi connectivity index (χ0) is 30.7. The van der Waals surface area contributed by atoms with E-state index in [-0.39, 0.29) is 34.9 Å². The molecule has 0 saturated carbocycles. The fourth-order valence-electron chi connectivity index (χ4n) is 4.00. The van der Waals surface area contributed by atoms with Crippen LogP contribution in [-0.2, 0) is 14.8 Å². The normalized spacial score (nSPS) is 13.3. The number of hydrogen-bond acceptors (Lipinski definition) is 11. The van der Waals surface area contributed by atoms with Gasteiger partial charge in [-0.1, -0.05) is 12.1 Å². The van der Waals surface area contributed by atoms with Crippen LogP contribution in [0.2, 0.25) is 0 Å². The molecule has 0 fully saturated rings. The van der Waals surface area contributed by atoms with Crippen molar-refractivity contribution in [1.29, 1.82) is 0 Å². The van der Waals surface area contributed by atoms with E-state index in [2.05, 4.69) is 29.9 Å². The van der Waals surface area contributed by atoms with Crippen LogP contribution >= 0.6 is 0 Å². The van der Waals surface area contributed by atoms with E-state index in [4.69, 9.17) is 42.5 Å². The van der Waals surface area contributed by atoms with E-state index < -0.39 is 26.7 Å². The molecule has 17 heteroatoms. The largest absolute Gasteiger partial charge is 0.501 e. The number of methoxy groups -OCH3 is 3. The molecule has 0 aliphatic heterocycles. The summed E-state index contributed by atoms with van der Waals surface area (Å²) in [5, 5.41) is 5.21. The van der Waals surface area contributed by atoms with Gasteiger partial charge in [0.2, 0.25) is 21.9 Å². The van der Waals surface area contributed by atoms with Crippen molar-refractivity contribution in [3.63, 3.8) is 0 Å². The van der Waals surface area contributed by atoms with Crippen molar-refractivity contribution in [1.82, 2.24) is 29.7 Å². The molecule has 4 rings (SSSR count). The van der Waals surface area contributed by atoms with Crippen LogP contribution in [0.25, 0.3) is 17.2 Å². The van der Waals surface area contributed by atoms with Crippen molar-refractivity contribution in [3.8, 4) is 34.6 Å². The number of nitrogens with zero attached hydrogens (tertiary/aromatic N) is 6. The van der Waals surface area contributed by atoms with Crippen LogP contribution in [0.3, 0.4) is 0 Å². The topological polar surface area (TPSA) is 152 Å². The van der Waals surface area contributed by atoms with E-state index in [1.807, 2.05) is 6.92 Å². The minimum Gasteiger partial charge on any atom is -0.501 e. The lowest BCUT2D eigenvalue weighted by molar-refractivity contribution is 0.0949. The van der Waals surface area contributed by atoms with Gasteiger partial charge in [0.1, 0.15) is 57.8 Å². The molecule has 1 aromatic carbocycles. The summed E-state index contributed by atoms with van der Waals surface area (Å²) in [6.07, 6.45) is 2.15. The molecule has 42 heavy (non-hydrogen) atoms. The molecule has 0 aliphatic carbocycles. The minimum absolute atomic E-state index is 0.0154. The summed E-state index contributed by atoms with van der Waals surface area (Å²) >= 11 is 0. The van der Waals surface area contributed by atoms with Gasteiger partial charge in [-0.25, -0.2) is 23.4 Å². The SMILES string of the molecule is [B]C([B])([B])Oc1cccc(-c2nnc(NS(=O)(=O)[C@@H](C)[C@H](OC)c3ncc(C)cn3)n2-c2c(OC)cccc2OC)n1. The summed E-state index contributed by atoms with van der Waals surface area (Å²) in [5.41, 5.74) is 1.31. The highest BCUT2D eigenvalue weighted by molar-refractivity contribution is 7.93. The van der Waals surface area contributed by atoms with Crippen LogP contribution in [0, 0.1) is 6.92 Å². The molecule has 4 aromatic rings. The molecular weight excluding hydrogens is 559 g/mol. The van der Waals surface area contributed by atoms with Crippen LogP contribution in [0.4, 0.5) is 5.95 Å². The van der Waals surface area contributed by atoms with Gasteiger partial charge in [0.05, 0.1) is 14.2 Å². The maximum absolute atomic E-state index is 13.7. The Morgan fingerprint density at radius 1 is 0.952 bits per heavy atom. The molecule has 0 spiro atoms. The third kappa shape index (κ3) is 6.68. The quantitative estimate of drug-likeness (QED) is 0.241. The molecule has 0 aliphatic rings. The number of aromatic nitrogens is 6. The fraction of sp³-hybridized carbons (Fsp3) is 0.320. The monoisotopic (exact) mass is 585 g/mol. The van der Waals surface area contributed by atoms with Gasteiger partial charge in [-0.05, 0) is 42.9 Å². The van der Waals surface area contributed by atoms with E-state index in [1.165, 1.54) is 38.9 Å². The van der Waals surface area contributed by atoms with Crippen molar-refractivity contribution in [3.05, 3.63) is 60.2 Å². The predicted molar refractivity (Wildman–Crippen MR) is 157 cm³/mol. The molecule has 6 radical (unpaired) electrons. The molecule has 2 atom stereocenters. The van der Waals surface area contributed by atoms with Gasteiger partial charge in [0.25, 0.3) is 0 Å². The van der Waals surface area contributed by atoms with Gasteiger partial charge >= 0.3 is 0 Å². The maximum atomic E-state index is 13.7. The minimum atomic E-state index is -4.21. The summed E-state index contributed by atoms with van der Waals surface area (Å²) in [4.78, 5) is 12.9. The van der Waals surface area contributed by atoms with Crippen LogP contribution in [0.5, 0.6) is 17.4 Å². The second kappa shape index (κ2) is 12.4. The third-order valence-electron chi connectivity index (χ3n) is 5.98. The first kappa shape index (κ1) is 30.8. The van der Waals surface area contributed by atoms with Crippen LogP contribution in [-0.4, -0.2) is 93.6 Å². The number of anilines is 1. The number of benzene rings is 1. The number of rotatable bonds is 12. The smallest absolute Gasteiger partial charge is 0.243 e. The Labute approximate surface area is 247 Å². The highest BCUT2D eigenvalue weighted by Crippen LogP contribution is 2.38. The lowest BCUT2D eigenvalue weighted by Crippen LogP contribution is -2.37. The van der Waals surface area contributed by atoms with Gasteiger partial charge in [0.15, 0.2) is 11.6 Å². The maximum Gasteiger partial charge on any atom is 0.243 e. The van der Waals surface area contributed by atoms with E-state index >= 15 is 0 Å². The molecule has 0 bridgehead atoms. The summed E-state index contributed by atoms with van der Waals surface area (Å²) < 4.78 is 53.3. The van der Waals surface area contributed by atoms with Gasteiger partial charge in [-0.15, -0.1) is 10.2 Å². The number of nitrogens with one attached hydrogen (secondary N) is 1. The van der Waals surface area contributed by atoms with E-state index in [9.17, 15) is 8.42 Å². The summed E-state index contributed by atoms with van der Waals surface area (Å²) in [5.74, 6) is 0.728. The molecule has 212 valence electrons.